The average molecular weight is 338 g/mol. The highest BCUT2D eigenvalue weighted by Gasteiger charge is 2.10. The second-order valence-electron chi connectivity index (χ2n) is 5.43. The molecule has 0 saturated carbocycles. The number of hydrogen-bond acceptors (Lipinski definition) is 4. The maximum absolute atomic E-state index is 12.1. The van der Waals surface area contributed by atoms with E-state index in [1.807, 2.05) is 16.8 Å². The average Bonchev–Trinajstić information content (AvgIpc) is 3.05. The Morgan fingerprint density at radius 3 is 2.83 bits per heavy atom. The van der Waals surface area contributed by atoms with Gasteiger partial charge in [0.05, 0.1) is 17.6 Å². The van der Waals surface area contributed by atoms with Crippen LogP contribution >= 0.6 is 11.8 Å². The molecule has 6 heteroatoms. The number of hydrogen-bond donors (Lipinski definition) is 1. The first kappa shape index (κ1) is 16.3. The van der Waals surface area contributed by atoms with Gasteiger partial charge in [0.2, 0.25) is 5.91 Å². The van der Waals surface area contributed by atoms with Crippen molar-refractivity contribution in [2.75, 3.05) is 11.1 Å². The molecule has 0 saturated heterocycles. The number of aromatic nitrogens is 3. The summed E-state index contributed by atoms with van der Waals surface area (Å²) in [5.41, 5.74) is 4.22. The fraction of sp³-hybridized carbons (Fsp3) is 0.167. The summed E-state index contributed by atoms with van der Waals surface area (Å²) < 4.78 is 1.99. The van der Waals surface area contributed by atoms with E-state index >= 15 is 0 Å². The van der Waals surface area contributed by atoms with Gasteiger partial charge in [-0.3, -0.25) is 14.3 Å². The predicted molar refractivity (Wildman–Crippen MR) is 96.6 cm³/mol. The molecule has 5 nitrogen and oxygen atoms in total. The van der Waals surface area contributed by atoms with Crippen molar-refractivity contribution in [1.82, 2.24) is 14.5 Å². The van der Waals surface area contributed by atoms with Crippen molar-refractivity contribution in [2.24, 2.45) is 0 Å². The summed E-state index contributed by atoms with van der Waals surface area (Å²) >= 11 is 1.41. The van der Waals surface area contributed by atoms with Crippen molar-refractivity contribution in [2.45, 2.75) is 19.0 Å². The Kier molecular flexibility index (Phi) is 4.96. The lowest BCUT2D eigenvalue weighted by atomic mass is 10.1. The molecule has 0 aliphatic carbocycles. The molecule has 3 aromatic rings. The second kappa shape index (κ2) is 7.31. The molecule has 0 radical (unpaired) electrons. The SMILES string of the molecule is Cc1ccc(-n2ccnc2SCC(=O)Nc2cccnc2)cc1C. The van der Waals surface area contributed by atoms with Crippen LogP contribution in [0.3, 0.4) is 0 Å². The van der Waals surface area contributed by atoms with Crippen LogP contribution in [0.1, 0.15) is 11.1 Å². The highest BCUT2D eigenvalue weighted by Crippen LogP contribution is 2.22. The van der Waals surface area contributed by atoms with Crippen LogP contribution in [-0.2, 0) is 4.79 Å². The van der Waals surface area contributed by atoms with Crippen LogP contribution in [0.4, 0.5) is 5.69 Å². The van der Waals surface area contributed by atoms with E-state index in [-0.39, 0.29) is 11.7 Å². The monoisotopic (exact) mass is 338 g/mol. The van der Waals surface area contributed by atoms with Crippen molar-refractivity contribution in [1.29, 1.82) is 0 Å². The van der Waals surface area contributed by atoms with Crippen LogP contribution in [-0.4, -0.2) is 26.2 Å². The van der Waals surface area contributed by atoms with Crippen LogP contribution in [0, 0.1) is 13.8 Å². The Labute approximate surface area is 145 Å². The first-order chi connectivity index (χ1) is 11.6. The maximum Gasteiger partial charge on any atom is 0.234 e. The Hall–Kier alpha value is -2.60. The number of aryl methyl sites for hydroxylation is 2. The van der Waals surface area contributed by atoms with Crippen molar-refractivity contribution in [3.63, 3.8) is 0 Å². The van der Waals surface area contributed by atoms with Gasteiger partial charge < -0.3 is 5.32 Å². The third-order valence-electron chi connectivity index (χ3n) is 3.65. The molecule has 0 bridgehead atoms. The number of anilines is 1. The second-order valence-corrected chi connectivity index (χ2v) is 6.37. The molecule has 0 aliphatic rings. The maximum atomic E-state index is 12.1. The van der Waals surface area contributed by atoms with Gasteiger partial charge in [-0.25, -0.2) is 4.98 Å². The summed E-state index contributed by atoms with van der Waals surface area (Å²) in [4.78, 5) is 20.4. The lowest BCUT2D eigenvalue weighted by molar-refractivity contribution is -0.113. The van der Waals surface area contributed by atoms with E-state index in [0.717, 1.165) is 10.8 Å². The lowest BCUT2D eigenvalue weighted by Gasteiger charge is -2.10. The number of carbonyl (C=O) groups is 1. The summed E-state index contributed by atoms with van der Waals surface area (Å²) in [5, 5.41) is 3.61. The quantitative estimate of drug-likeness (QED) is 0.722. The van der Waals surface area contributed by atoms with E-state index in [1.165, 1.54) is 22.9 Å². The smallest absolute Gasteiger partial charge is 0.234 e. The molecule has 1 N–H and O–H groups in total. The zero-order valence-corrected chi connectivity index (χ0v) is 14.4. The number of thioether (sulfide) groups is 1. The Bertz CT molecular complexity index is 845. The summed E-state index contributed by atoms with van der Waals surface area (Å²) in [6.07, 6.45) is 6.95. The van der Waals surface area contributed by atoms with Gasteiger partial charge in [-0.1, -0.05) is 17.8 Å². The van der Waals surface area contributed by atoms with E-state index in [1.54, 1.807) is 24.7 Å². The minimum Gasteiger partial charge on any atom is -0.324 e. The third kappa shape index (κ3) is 3.83. The van der Waals surface area contributed by atoms with E-state index in [4.69, 9.17) is 0 Å². The van der Waals surface area contributed by atoms with Crippen molar-refractivity contribution in [3.05, 3.63) is 66.2 Å². The Morgan fingerprint density at radius 2 is 2.08 bits per heavy atom. The van der Waals surface area contributed by atoms with Crippen LogP contribution in [0.15, 0.2) is 60.3 Å². The van der Waals surface area contributed by atoms with Crippen LogP contribution < -0.4 is 5.32 Å². The van der Waals surface area contributed by atoms with Gasteiger partial charge in [0.15, 0.2) is 5.16 Å². The van der Waals surface area contributed by atoms with Gasteiger partial charge in [-0.15, -0.1) is 0 Å². The molecule has 0 aliphatic heterocycles. The number of amides is 1. The third-order valence-corrected chi connectivity index (χ3v) is 4.62. The fourth-order valence-electron chi connectivity index (χ4n) is 2.23. The van der Waals surface area contributed by atoms with Crippen molar-refractivity contribution in [3.8, 4) is 5.69 Å². The summed E-state index contributed by atoms with van der Waals surface area (Å²) in [5.74, 6) is 0.208. The van der Waals surface area contributed by atoms with Gasteiger partial charge in [-0.2, -0.15) is 0 Å². The predicted octanol–water partition coefficient (Wildman–Crippen LogP) is 3.61. The molecule has 0 atom stereocenters. The fourth-order valence-corrected chi connectivity index (χ4v) is 3.01. The van der Waals surface area contributed by atoms with Crippen LogP contribution in [0.25, 0.3) is 5.69 Å². The molecule has 0 spiro atoms. The zero-order valence-electron chi connectivity index (χ0n) is 13.6. The van der Waals surface area contributed by atoms with Crippen LogP contribution in [0.2, 0.25) is 0 Å². The van der Waals surface area contributed by atoms with Gasteiger partial charge in [0, 0.05) is 24.3 Å². The normalized spacial score (nSPS) is 10.6. The van der Waals surface area contributed by atoms with Crippen LogP contribution in [0.5, 0.6) is 0 Å². The summed E-state index contributed by atoms with van der Waals surface area (Å²) in [6.45, 7) is 4.18. The molecule has 1 amide bonds. The van der Waals surface area contributed by atoms with Gasteiger partial charge in [-0.05, 0) is 49.2 Å². The molecule has 0 fully saturated rings. The van der Waals surface area contributed by atoms with Crippen molar-refractivity contribution < 1.29 is 4.79 Å². The number of rotatable bonds is 5. The summed E-state index contributed by atoms with van der Waals surface area (Å²) in [6, 6.07) is 9.87. The van der Waals surface area contributed by atoms with Gasteiger partial charge in [0.1, 0.15) is 0 Å². The number of nitrogens with zero attached hydrogens (tertiary/aromatic N) is 3. The summed E-state index contributed by atoms with van der Waals surface area (Å²) in [7, 11) is 0. The molecule has 3 rings (SSSR count). The largest absolute Gasteiger partial charge is 0.324 e. The number of pyridine rings is 1. The number of carbonyl (C=O) groups excluding carboxylic acids is 1. The number of benzene rings is 1. The molecular formula is C18H18N4OS. The van der Waals surface area contributed by atoms with E-state index in [2.05, 4.69) is 47.3 Å². The molecule has 0 unspecified atom stereocenters. The van der Waals surface area contributed by atoms with E-state index in [9.17, 15) is 4.79 Å². The lowest BCUT2D eigenvalue weighted by Crippen LogP contribution is -2.14. The highest BCUT2D eigenvalue weighted by atomic mass is 32.2. The van der Waals surface area contributed by atoms with Crippen molar-refractivity contribution >= 4 is 23.4 Å². The highest BCUT2D eigenvalue weighted by molar-refractivity contribution is 7.99. The topological polar surface area (TPSA) is 59.8 Å². The molecule has 2 aromatic heterocycles. The molecule has 24 heavy (non-hydrogen) atoms. The molecular weight excluding hydrogens is 320 g/mol. The number of imidazole rings is 1. The number of nitrogens with one attached hydrogen (secondary N) is 1. The first-order valence-corrected chi connectivity index (χ1v) is 8.56. The Morgan fingerprint density at radius 1 is 1.21 bits per heavy atom. The zero-order chi connectivity index (χ0) is 16.9. The Balaban J connectivity index is 1.67. The standard InChI is InChI=1S/C18H18N4OS/c1-13-5-6-16(10-14(13)2)22-9-8-20-18(22)24-12-17(23)21-15-4-3-7-19-11-15/h3-11H,12H2,1-2H3,(H,21,23). The van der Waals surface area contributed by atoms with Gasteiger partial charge >= 0.3 is 0 Å². The minimum atomic E-state index is -0.0809. The van der Waals surface area contributed by atoms with E-state index < -0.39 is 0 Å². The molecule has 2 heterocycles. The molecule has 1 aromatic carbocycles. The molecule has 122 valence electrons. The van der Waals surface area contributed by atoms with Gasteiger partial charge in [0.25, 0.3) is 0 Å². The van der Waals surface area contributed by atoms with E-state index in [0.29, 0.717) is 5.69 Å². The first-order valence-electron chi connectivity index (χ1n) is 7.57. The minimum absolute atomic E-state index is 0.0809.